The van der Waals surface area contributed by atoms with Crippen LogP contribution >= 0.6 is 11.8 Å². The topological polar surface area (TPSA) is 89.8 Å². The van der Waals surface area contributed by atoms with Gasteiger partial charge in [0.25, 0.3) is 0 Å². The SMILES string of the molecule is CCCCCCCCCCSCCC(=O)NC(CO)(CO)CO. The first-order chi connectivity index (χ1) is 11.1. The van der Waals surface area contributed by atoms with Gasteiger partial charge < -0.3 is 20.6 Å². The van der Waals surface area contributed by atoms with E-state index in [1.165, 1.54) is 51.4 Å². The number of amides is 1. The van der Waals surface area contributed by atoms with E-state index >= 15 is 0 Å². The van der Waals surface area contributed by atoms with Crippen LogP contribution in [0.5, 0.6) is 0 Å². The lowest BCUT2D eigenvalue weighted by Crippen LogP contribution is -2.57. The molecule has 0 aliphatic carbocycles. The van der Waals surface area contributed by atoms with Crippen LogP contribution in [0, 0.1) is 0 Å². The second-order valence-electron chi connectivity index (χ2n) is 6.14. The van der Waals surface area contributed by atoms with Gasteiger partial charge in [0.05, 0.1) is 19.8 Å². The van der Waals surface area contributed by atoms with Crippen molar-refractivity contribution in [3.05, 3.63) is 0 Å². The number of thioether (sulfide) groups is 1. The van der Waals surface area contributed by atoms with Gasteiger partial charge in [0.1, 0.15) is 5.54 Å². The second kappa shape index (κ2) is 15.2. The molecule has 1 amide bonds. The summed E-state index contributed by atoms with van der Waals surface area (Å²) >= 11 is 1.75. The monoisotopic (exact) mass is 349 g/mol. The number of hydrogen-bond donors (Lipinski definition) is 4. The van der Waals surface area contributed by atoms with Gasteiger partial charge in [-0.1, -0.05) is 51.9 Å². The molecule has 0 radical (unpaired) electrons. The number of rotatable bonds is 16. The molecule has 0 aromatic heterocycles. The third-order valence-electron chi connectivity index (χ3n) is 3.93. The fraction of sp³-hybridized carbons (Fsp3) is 0.941. The van der Waals surface area contributed by atoms with Gasteiger partial charge in [-0.25, -0.2) is 0 Å². The van der Waals surface area contributed by atoms with E-state index in [2.05, 4.69) is 12.2 Å². The highest BCUT2D eigenvalue weighted by atomic mass is 32.2. The highest BCUT2D eigenvalue weighted by Gasteiger charge is 2.29. The lowest BCUT2D eigenvalue weighted by Gasteiger charge is -2.28. The Balaban J connectivity index is 3.49. The van der Waals surface area contributed by atoms with E-state index in [1.54, 1.807) is 11.8 Å². The predicted octanol–water partition coefficient (Wildman–Crippen LogP) is 2.08. The van der Waals surface area contributed by atoms with Gasteiger partial charge in [-0.05, 0) is 12.2 Å². The van der Waals surface area contributed by atoms with Crippen molar-refractivity contribution in [1.82, 2.24) is 5.32 Å². The van der Waals surface area contributed by atoms with Crippen molar-refractivity contribution < 1.29 is 20.1 Å². The van der Waals surface area contributed by atoms with Gasteiger partial charge in [0.2, 0.25) is 5.91 Å². The number of nitrogens with one attached hydrogen (secondary N) is 1. The van der Waals surface area contributed by atoms with E-state index < -0.39 is 25.4 Å². The molecule has 0 aliphatic heterocycles. The van der Waals surface area contributed by atoms with Crippen LogP contribution < -0.4 is 5.32 Å². The first-order valence-corrected chi connectivity index (χ1v) is 10.0. The molecule has 0 aromatic rings. The molecule has 23 heavy (non-hydrogen) atoms. The predicted molar refractivity (Wildman–Crippen MR) is 96.7 cm³/mol. The van der Waals surface area contributed by atoms with E-state index in [0.717, 1.165) is 11.5 Å². The highest BCUT2D eigenvalue weighted by Crippen LogP contribution is 2.12. The quantitative estimate of drug-likeness (QED) is 0.320. The summed E-state index contributed by atoms with van der Waals surface area (Å²) in [6, 6.07) is 0. The van der Waals surface area contributed by atoms with Crippen molar-refractivity contribution in [2.24, 2.45) is 0 Å². The molecule has 0 fully saturated rings. The average Bonchev–Trinajstić information content (AvgIpc) is 2.57. The molecule has 0 bridgehead atoms. The van der Waals surface area contributed by atoms with Crippen molar-refractivity contribution in [2.45, 2.75) is 70.3 Å². The van der Waals surface area contributed by atoms with Crippen LogP contribution in [0.4, 0.5) is 0 Å². The van der Waals surface area contributed by atoms with E-state index in [1.807, 2.05) is 0 Å². The summed E-state index contributed by atoms with van der Waals surface area (Å²) in [6.45, 7) is 0.806. The number of carbonyl (C=O) groups is 1. The molecule has 4 N–H and O–H groups in total. The molecular weight excluding hydrogens is 314 g/mol. The van der Waals surface area contributed by atoms with Gasteiger partial charge in [-0.2, -0.15) is 11.8 Å². The molecule has 0 atom stereocenters. The van der Waals surface area contributed by atoms with Crippen molar-refractivity contribution >= 4 is 17.7 Å². The number of aliphatic hydroxyl groups is 3. The van der Waals surface area contributed by atoms with Crippen molar-refractivity contribution in [3.8, 4) is 0 Å². The van der Waals surface area contributed by atoms with Crippen LogP contribution in [0.3, 0.4) is 0 Å². The second-order valence-corrected chi connectivity index (χ2v) is 7.36. The number of aliphatic hydroxyl groups excluding tert-OH is 3. The molecule has 138 valence electrons. The summed E-state index contributed by atoms with van der Waals surface area (Å²) in [5, 5.41) is 29.9. The molecule has 0 spiro atoms. The van der Waals surface area contributed by atoms with Crippen molar-refractivity contribution in [3.63, 3.8) is 0 Å². The minimum Gasteiger partial charge on any atom is -0.394 e. The van der Waals surface area contributed by atoms with E-state index in [-0.39, 0.29) is 5.91 Å². The smallest absolute Gasteiger partial charge is 0.221 e. The molecule has 0 saturated heterocycles. The normalized spacial score (nSPS) is 11.7. The summed E-state index contributed by atoms with van der Waals surface area (Å²) in [5.41, 5.74) is -1.31. The van der Waals surface area contributed by atoms with Crippen molar-refractivity contribution in [1.29, 1.82) is 0 Å². The van der Waals surface area contributed by atoms with Crippen LogP contribution in [0.25, 0.3) is 0 Å². The largest absolute Gasteiger partial charge is 0.394 e. The maximum atomic E-state index is 11.7. The first kappa shape index (κ1) is 22.7. The Morgan fingerprint density at radius 1 is 0.870 bits per heavy atom. The van der Waals surface area contributed by atoms with Gasteiger partial charge in [0, 0.05) is 12.2 Å². The standard InChI is InChI=1S/C17H35NO4S/c1-2-3-4-5-6-7-8-9-11-23-12-10-16(22)18-17(13-19,14-20)15-21/h19-21H,2-15H2,1H3,(H,18,22). The zero-order chi connectivity index (χ0) is 17.4. The van der Waals surface area contributed by atoms with Crippen LogP contribution in [0.2, 0.25) is 0 Å². The fourth-order valence-corrected chi connectivity index (χ4v) is 3.17. The summed E-state index contributed by atoms with van der Waals surface area (Å²) in [5.74, 6) is 1.54. The minimum atomic E-state index is -1.31. The summed E-state index contributed by atoms with van der Waals surface area (Å²) in [6.07, 6.45) is 10.8. The Kier molecular flexibility index (Phi) is 15.0. The van der Waals surface area contributed by atoms with E-state index in [9.17, 15) is 4.79 Å². The molecule has 5 nitrogen and oxygen atoms in total. The van der Waals surface area contributed by atoms with E-state index in [0.29, 0.717) is 6.42 Å². The first-order valence-electron chi connectivity index (χ1n) is 8.85. The Morgan fingerprint density at radius 3 is 1.91 bits per heavy atom. The summed E-state index contributed by atoms with van der Waals surface area (Å²) < 4.78 is 0. The molecule has 6 heteroatoms. The Bertz CT molecular complexity index is 278. The molecule has 0 aliphatic rings. The summed E-state index contributed by atoms with van der Waals surface area (Å²) in [7, 11) is 0. The molecule has 0 unspecified atom stereocenters. The molecule has 0 heterocycles. The molecule has 0 saturated carbocycles. The Morgan fingerprint density at radius 2 is 1.39 bits per heavy atom. The lowest BCUT2D eigenvalue weighted by atomic mass is 10.0. The summed E-state index contributed by atoms with van der Waals surface area (Å²) in [4.78, 5) is 11.7. The Labute approximate surface area is 145 Å². The molecule has 0 aromatic carbocycles. The van der Waals surface area contributed by atoms with Gasteiger partial charge in [-0.3, -0.25) is 4.79 Å². The number of carbonyl (C=O) groups excluding carboxylic acids is 1. The minimum absolute atomic E-state index is 0.245. The fourth-order valence-electron chi connectivity index (χ4n) is 2.23. The highest BCUT2D eigenvalue weighted by molar-refractivity contribution is 7.99. The maximum Gasteiger partial charge on any atom is 0.221 e. The average molecular weight is 350 g/mol. The van der Waals surface area contributed by atoms with Gasteiger partial charge in [-0.15, -0.1) is 0 Å². The van der Waals surface area contributed by atoms with Gasteiger partial charge >= 0.3 is 0 Å². The molecule has 0 rings (SSSR count). The van der Waals surface area contributed by atoms with E-state index in [4.69, 9.17) is 15.3 Å². The van der Waals surface area contributed by atoms with Crippen LogP contribution in [0.15, 0.2) is 0 Å². The number of unbranched alkanes of at least 4 members (excludes halogenated alkanes) is 7. The third kappa shape index (κ3) is 11.8. The van der Waals surface area contributed by atoms with Gasteiger partial charge in [0.15, 0.2) is 0 Å². The zero-order valence-electron chi connectivity index (χ0n) is 14.6. The number of hydrogen-bond acceptors (Lipinski definition) is 5. The lowest BCUT2D eigenvalue weighted by molar-refractivity contribution is -0.124. The van der Waals surface area contributed by atoms with Crippen LogP contribution in [0.1, 0.15) is 64.7 Å². The Hall–Kier alpha value is -0.300. The van der Waals surface area contributed by atoms with Crippen molar-refractivity contribution in [2.75, 3.05) is 31.3 Å². The molecular formula is C17H35NO4S. The maximum absolute atomic E-state index is 11.7. The zero-order valence-corrected chi connectivity index (χ0v) is 15.4. The van der Waals surface area contributed by atoms with Crippen LogP contribution in [-0.4, -0.2) is 58.1 Å². The van der Waals surface area contributed by atoms with Crippen LogP contribution in [-0.2, 0) is 4.79 Å². The third-order valence-corrected chi connectivity index (χ3v) is 5.00.